The molecule has 1 amide bonds. The van der Waals surface area contributed by atoms with Crippen molar-refractivity contribution in [1.82, 2.24) is 20.3 Å². The van der Waals surface area contributed by atoms with Crippen LogP contribution in [0.4, 0.5) is 24.7 Å². The number of rotatable bonds is 5. The Balaban J connectivity index is 1.74. The summed E-state index contributed by atoms with van der Waals surface area (Å²) in [6, 6.07) is 9.84. The van der Waals surface area contributed by atoms with Crippen LogP contribution in [0.15, 0.2) is 61.2 Å². The van der Waals surface area contributed by atoms with Gasteiger partial charge in [0.15, 0.2) is 0 Å². The number of pyridine rings is 1. The normalized spacial score (nSPS) is 11.1. The molecule has 0 atom stereocenters. The van der Waals surface area contributed by atoms with Gasteiger partial charge in [-0.15, -0.1) is 0 Å². The number of amides is 1. The van der Waals surface area contributed by atoms with Crippen LogP contribution in [0.3, 0.4) is 0 Å². The summed E-state index contributed by atoms with van der Waals surface area (Å²) >= 11 is 0. The molecule has 0 radical (unpaired) electrons. The molecule has 138 valence electrons. The molecule has 0 saturated heterocycles. The van der Waals surface area contributed by atoms with Gasteiger partial charge in [-0.1, -0.05) is 18.2 Å². The molecule has 3 aromatic rings. The van der Waals surface area contributed by atoms with Crippen LogP contribution in [0.2, 0.25) is 0 Å². The zero-order valence-electron chi connectivity index (χ0n) is 13.9. The molecule has 2 aromatic heterocycles. The second-order valence-corrected chi connectivity index (χ2v) is 5.50. The molecule has 27 heavy (non-hydrogen) atoms. The smallest absolute Gasteiger partial charge is 0.347 e. The van der Waals surface area contributed by atoms with Crippen LogP contribution < -0.4 is 10.6 Å². The van der Waals surface area contributed by atoms with Crippen molar-refractivity contribution in [1.29, 1.82) is 0 Å². The third-order valence-electron chi connectivity index (χ3n) is 3.57. The van der Waals surface area contributed by atoms with E-state index in [9.17, 15) is 18.0 Å². The van der Waals surface area contributed by atoms with Crippen molar-refractivity contribution in [3.8, 4) is 0 Å². The van der Waals surface area contributed by atoms with Gasteiger partial charge in [0.25, 0.3) is 5.91 Å². The van der Waals surface area contributed by atoms with Crippen molar-refractivity contribution in [2.75, 3.05) is 5.32 Å². The summed E-state index contributed by atoms with van der Waals surface area (Å²) in [6.45, 7) is 0.246. The molecule has 0 fully saturated rings. The largest absolute Gasteiger partial charge is 0.418 e. The Morgan fingerprint density at radius 3 is 2.63 bits per heavy atom. The first-order chi connectivity index (χ1) is 12.9. The molecule has 9 heteroatoms. The molecule has 2 heterocycles. The highest BCUT2D eigenvalue weighted by Gasteiger charge is 2.33. The first-order valence-electron chi connectivity index (χ1n) is 7.86. The second kappa shape index (κ2) is 7.81. The monoisotopic (exact) mass is 373 g/mol. The quantitative estimate of drug-likeness (QED) is 0.715. The molecule has 6 nitrogen and oxygen atoms in total. The van der Waals surface area contributed by atoms with E-state index in [1.54, 1.807) is 24.5 Å². The lowest BCUT2D eigenvalue weighted by atomic mass is 10.1. The summed E-state index contributed by atoms with van der Waals surface area (Å²) in [4.78, 5) is 23.9. The number of alkyl halides is 3. The fraction of sp³-hybridized carbons (Fsp3) is 0.111. The zero-order chi connectivity index (χ0) is 19.3. The van der Waals surface area contributed by atoms with Gasteiger partial charge < -0.3 is 10.6 Å². The summed E-state index contributed by atoms with van der Waals surface area (Å²) in [6.07, 6.45) is -0.175. The third-order valence-corrected chi connectivity index (χ3v) is 3.57. The molecule has 0 aliphatic rings. The molecular formula is C18H14F3N5O. The Labute approximate surface area is 152 Å². The van der Waals surface area contributed by atoms with E-state index in [4.69, 9.17) is 0 Å². The molecule has 0 spiro atoms. The average Bonchev–Trinajstić information content (AvgIpc) is 2.67. The fourth-order valence-electron chi connectivity index (χ4n) is 2.30. The summed E-state index contributed by atoms with van der Waals surface area (Å²) in [5.74, 6) is -0.401. The van der Waals surface area contributed by atoms with Gasteiger partial charge >= 0.3 is 6.18 Å². The first kappa shape index (κ1) is 18.3. The van der Waals surface area contributed by atoms with Gasteiger partial charge in [0.1, 0.15) is 17.8 Å². The lowest BCUT2D eigenvalue weighted by molar-refractivity contribution is -0.136. The fourth-order valence-corrected chi connectivity index (χ4v) is 2.30. The summed E-state index contributed by atoms with van der Waals surface area (Å²) < 4.78 is 39.2. The van der Waals surface area contributed by atoms with E-state index in [0.717, 1.165) is 18.0 Å². The number of nitrogens with zero attached hydrogens (tertiary/aromatic N) is 3. The van der Waals surface area contributed by atoms with Crippen LogP contribution >= 0.6 is 0 Å². The number of para-hydroxylation sites is 1. The maximum absolute atomic E-state index is 13.1. The number of hydrogen-bond acceptors (Lipinski definition) is 5. The van der Waals surface area contributed by atoms with Gasteiger partial charge in [0.05, 0.1) is 11.3 Å². The van der Waals surface area contributed by atoms with E-state index in [2.05, 4.69) is 25.6 Å². The predicted molar refractivity (Wildman–Crippen MR) is 92.2 cm³/mol. The Bertz CT molecular complexity index is 932. The van der Waals surface area contributed by atoms with Crippen LogP contribution in [0.25, 0.3) is 0 Å². The molecule has 0 aliphatic carbocycles. The number of carbonyl (C=O) groups is 1. The molecule has 2 N–H and O–H groups in total. The maximum atomic E-state index is 13.1. The van der Waals surface area contributed by atoms with E-state index in [1.165, 1.54) is 24.3 Å². The standard InChI is InChI=1S/C18H14F3N5O/c19-18(20,21)13-5-1-2-6-14(13)26-16-8-15(24-11-25-16)17(27)23-10-12-4-3-7-22-9-12/h1-9,11H,10H2,(H,23,27)(H,24,25,26). The van der Waals surface area contributed by atoms with Gasteiger partial charge in [0, 0.05) is 25.0 Å². The number of anilines is 2. The molecule has 0 saturated carbocycles. The van der Waals surface area contributed by atoms with E-state index in [0.29, 0.717) is 0 Å². The van der Waals surface area contributed by atoms with E-state index < -0.39 is 17.6 Å². The summed E-state index contributed by atoms with van der Waals surface area (Å²) in [5.41, 5.74) is -0.158. The average molecular weight is 373 g/mol. The molecule has 3 rings (SSSR count). The van der Waals surface area contributed by atoms with Crippen molar-refractivity contribution in [3.63, 3.8) is 0 Å². The number of aromatic nitrogens is 3. The van der Waals surface area contributed by atoms with Crippen molar-refractivity contribution in [2.24, 2.45) is 0 Å². The summed E-state index contributed by atoms with van der Waals surface area (Å²) in [5, 5.41) is 5.25. The highest BCUT2D eigenvalue weighted by molar-refractivity contribution is 5.92. The topological polar surface area (TPSA) is 79.8 Å². The van der Waals surface area contributed by atoms with Gasteiger partial charge in [-0.2, -0.15) is 13.2 Å². The number of benzene rings is 1. The Morgan fingerprint density at radius 1 is 1.07 bits per heavy atom. The number of halogens is 3. The van der Waals surface area contributed by atoms with Crippen LogP contribution in [0.5, 0.6) is 0 Å². The van der Waals surface area contributed by atoms with Crippen LogP contribution in [-0.2, 0) is 12.7 Å². The molecular weight excluding hydrogens is 359 g/mol. The van der Waals surface area contributed by atoms with Crippen molar-refractivity contribution in [3.05, 3.63) is 78.0 Å². The molecule has 1 aromatic carbocycles. The van der Waals surface area contributed by atoms with Crippen LogP contribution in [0, 0.1) is 0 Å². The Hall–Kier alpha value is -3.49. The lowest BCUT2D eigenvalue weighted by Crippen LogP contribution is -2.24. The van der Waals surface area contributed by atoms with E-state index in [-0.39, 0.29) is 23.7 Å². The number of nitrogens with one attached hydrogen (secondary N) is 2. The van der Waals surface area contributed by atoms with E-state index >= 15 is 0 Å². The van der Waals surface area contributed by atoms with Crippen molar-refractivity contribution < 1.29 is 18.0 Å². The highest BCUT2D eigenvalue weighted by Crippen LogP contribution is 2.35. The second-order valence-electron chi connectivity index (χ2n) is 5.50. The minimum absolute atomic E-state index is 0.0286. The van der Waals surface area contributed by atoms with Crippen molar-refractivity contribution >= 4 is 17.4 Å². The van der Waals surface area contributed by atoms with Crippen LogP contribution in [-0.4, -0.2) is 20.9 Å². The number of hydrogen-bond donors (Lipinski definition) is 2. The first-order valence-corrected chi connectivity index (χ1v) is 7.86. The van der Waals surface area contributed by atoms with Gasteiger partial charge in [-0.3, -0.25) is 9.78 Å². The van der Waals surface area contributed by atoms with Gasteiger partial charge in [-0.05, 0) is 23.8 Å². The lowest BCUT2D eigenvalue weighted by Gasteiger charge is -2.14. The maximum Gasteiger partial charge on any atom is 0.418 e. The molecule has 0 bridgehead atoms. The Kier molecular flexibility index (Phi) is 5.30. The van der Waals surface area contributed by atoms with E-state index in [1.807, 2.05) is 0 Å². The summed E-state index contributed by atoms with van der Waals surface area (Å²) in [7, 11) is 0. The SMILES string of the molecule is O=C(NCc1cccnc1)c1cc(Nc2ccccc2C(F)(F)F)ncn1. The predicted octanol–water partition coefficient (Wildman–Crippen LogP) is 3.56. The van der Waals surface area contributed by atoms with Crippen LogP contribution in [0.1, 0.15) is 21.6 Å². The third kappa shape index (κ3) is 4.78. The zero-order valence-corrected chi connectivity index (χ0v) is 13.9. The van der Waals surface area contributed by atoms with Gasteiger partial charge in [0.2, 0.25) is 0 Å². The Morgan fingerprint density at radius 2 is 1.89 bits per heavy atom. The van der Waals surface area contributed by atoms with Gasteiger partial charge in [-0.25, -0.2) is 9.97 Å². The highest BCUT2D eigenvalue weighted by atomic mass is 19.4. The molecule has 0 unspecified atom stereocenters. The minimum atomic E-state index is -4.51. The minimum Gasteiger partial charge on any atom is -0.347 e. The molecule has 0 aliphatic heterocycles. The number of carbonyl (C=O) groups excluding carboxylic acids is 1. The van der Waals surface area contributed by atoms with Crippen molar-refractivity contribution in [2.45, 2.75) is 12.7 Å².